The van der Waals surface area contributed by atoms with Gasteiger partial charge in [-0.3, -0.25) is 0 Å². The Balaban J connectivity index is 2.30. The minimum atomic E-state index is -3.60. The molecule has 1 aliphatic carbocycles. The van der Waals surface area contributed by atoms with Crippen molar-refractivity contribution in [2.75, 3.05) is 0 Å². The highest BCUT2D eigenvalue weighted by atomic mass is 79.9. The predicted molar refractivity (Wildman–Crippen MR) is 73.9 cm³/mol. The second kappa shape index (κ2) is 4.93. The lowest BCUT2D eigenvalue weighted by molar-refractivity contribution is 0.486. The Morgan fingerprint density at radius 1 is 1.50 bits per heavy atom. The smallest absolute Gasteiger partial charge is 0.206 e. The number of nitrogens with zero attached hydrogens (tertiary/aromatic N) is 1. The van der Waals surface area contributed by atoms with Gasteiger partial charge in [-0.15, -0.1) is 11.3 Å². The molecule has 0 atom stereocenters. The van der Waals surface area contributed by atoms with Crippen LogP contribution in [0.5, 0.6) is 0 Å². The summed E-state index contributed by atoms with van der Waals surface area (Å²) < 4.78 is 28.1. The molecular weight excluding hydrogens is 336 g/mol. The van der Waals surface area contributed by atoms with Crippen LogP contribution in [0.25, 0.3) is 0 Å². The fourth-order valence-electron chi connectivity index (χ4n) is 2.09. The normalized spacial score (nSPS) is 18.7. The van der Waals surface area contributed by atoms with E-state index in [0.29, 0.717) is 12.8 Å². The maximum Gasteiger partial charge on any atom is 0.251 e. The molecule has 98 valence electrons. The zero-order valence-electron chi connectivity index (χ0n) is 9.86. The standard InChI is InChI=1S/C11H13BrN2O2S2/c1-8-6-9(17-10(8)12)18(15,16)14-11(7-13)4-2-3-5-11/h6,14H,2-5H2,1H3. The van der Waals surface area contributed by atoms with Crippen molar-refractivity contribution in [3.05, 3.63) is 15.4 Å². The lowest BCUT2D eigenvalue weighted by atomic mass is 10.0. The molecule has 0 aliphatic heterocycles. The Labute approximate surface area is 119 Å². The lowest BCUT2D eigenvalue weighted by Crippen LogP contribution is -2.44. The lowest BCUT2D eigenvalue weighted by Gasteiger charge is -2.21. The molecule has 4 nitrogen and oxygen atoms in total. The third-order valence-electron chi connectivity index (χ3n) is 3.10. The summed E-state index contributed by atoms with van der Waals surface area (Å²) in [4.78, 5) is 0. The van der Waals surface area contributed by atoms with E-state index in [1.54, 1.807) is 6.07 Å². The second-order valence-electron chi connectivity index (χ2n) is 4.53. The van der Waals surface area contributed by atoms with Crippen LogP contribution in [-0.4, -0.2) is 14.0 Å². The number of aryl methyl sites for hydroxylation is 1. The molecule has 1 aromatic rings. The van der Waals surface area contributed by atoms with Crippen molar-refractivity contribution in [3.8, 4) is 6.07 Å². The molecule has 1 heterocycles. The van der Waals surface area contributed by atoms with Crippen LogP contribution in [-0.2, 0) is 10.0 Å². The van der Waals surface area contributed by atoms with E-state index >= 15 is 0 Å². The highest BCUT2D eigenvalue weighted by Crippen LogP contribution is 2.34. The molecule has 0 spiro atoms. The summed E-state index contributed by atoms with van der Waals surface area (Å²) in [5.41, 5.74) is -0.0266. The summed E-state index contributed by atoms with van der Waals surface area (Å²) in [6, 6.07) is 3.75. The Hall–Kier alpha value is -0.420. The molecular formula is C11H13BrN2O2S2. The Morgan fingerprint density at radius 3 is 2.56 bits per heavy atom. The van der Waals surface area contributed by atoms with Crippen molar-refractivity contribution in [3.63, 3.8) is 0 Å². The third-order valence-corrected chi connectivity index (χ3v) is 7.25. The van der Waals surface area contributed by atoms with Crippen molar-refractivity contribution in [1.82, 2.24) is 4.72 Å². The first-order chi connectivity index (χ1) is 8.38. The Bertz CT molecular complexity index is 576. The first-order valence-corrected chi connectivity index (χ1v) is 8.69. The molecule has 0 amide bonds. The summed E-state index contributed by atoms with van der Waals surface area (Å²) in [5.74, 6) is 0. The van der Waals surface area contributed by atoms with Crippen LogP contribution in [0.4, 0.5) is 0 Å². The van der Waals surface area contributed by atoms with E-state index in [0.717, 1.165) is 22.2 Å². The van der Waals surface area contributed by atoms with E-state index in [2.05, 4.69) is 26.7 Å². The SMILES string of the molecule is Cc1cc(S(=O)(=O)NC2(C#N)CCCC2)sc1Br. The number of hydrogen-bond donors (Lipinski definition) is 1. The minimum absolute atomic E-state index is 0.258. The number of rotatable bonds is 3. The van der Waals surface area contributed by atoms with Crippen molar-refractivity contribution < 1.29 is 8.42 Å². The van der Waals surface area contributed by atoms with Crippen LogP contribution in [0, 0.1) is 18.3 Å². The molecule has 18 heavy (non-hydrogen) atoms. The first-order valence-electron chi connectivity index (χ1n) is 5.60. The molecule has 1 N–H and O–H groups in total. The number of nitrogens with one attached hydrogen (secondary N) is 1. The van der Waals surface area contributed by atoms with E-state index in [9.17, 15) is 13.7 Å². The highest BCUT2D eigenvalue weighted by Gasteiger charge is 2.38. The quantitative estimate of drug-likeness (QED) is 0.912. The van der Waals surface area contributed by atoms with Crippen molar-refractivity contribution in [1.29, 1.82) is 5.26 Å². The average Bonchev–Trinajstić information content (AvgIpc) is 2.88. The van der Waals surface area contributed by atoms with Gasteiger partial charge in [0.25, 0.3) is 10.0 Å². The van der Waals surface area contributed by atoms with E-state index < -0.39 is 15.6 Å². The van der Waals surface area contributed by atoms with Gasteiger partial charge < -0.3 is 0 Å². The van der Waals surface area contributed by atoms with Gasteiger partial charge >= 0.3 is 0 Å². The van der Waals surface area contributed by atoms with Gasteiger partial charge in [-0.25, -0.2) is 8.42 Å². The van der Waals surface area contributed by atoms with Crippen LogP contribution < -0.4 is 4.72 Å². The van der Waals surface area contributed by atoms with E-state index in [1.807, 2.05) is 6.92 Å². The van der Waals surface area contributed by atoms with Gasteiger partial charge in [0.15, 0.2) is 0 Å². The highest BCUT2D eigenvalue weighted by molar-refractivity contribution is 9.11. The average molecular weight is 349 g/mol. The molecule has 1 aromatic heterocycles. The summed E-state index contributed by atoms with van der Waals surface area (Å²) >= 11 is 4.48. The molecule has 2 rings (SSSR count). The summed E-state index contributed by atoms with van der Waals surface area (Å²) in [5, 5.41) is 9.20. The van der Waals surface area contributed by atoms with Gasteiger partial charge in [0.1, 0.15) is 9.75 Å². The molecule has 0 saturated heterocycles. The van der Waals surface area contributed by atoms with E-state index in [4.69, 9.17) is 0 Å². The molecule has 0 radical (unpaired) electrons. The number of thiophene rings is 1. The zero-order chi connectivity index (χ0) is 13.4. The Morgan fingerprint density at radius 2 is 2.11 bits per heavy atom. The number of hydrogen-bond acceptors (Lipinski definition) is 4. The van der Waals surface area contributed by atoms with Crippen LogP contribution in [0.1, 0.15) is 31.2 Å². The maximum absolute atomic E-state index is 12.2. The van der Waals surface area contributed by atoms with Crippen LogP contribution >= 0.6 is 27.3 Å². The molecule has 1 saturated carbocycles. The van der Waals surface area contributed by atoms with E-state index in [1.165, 1.54) is 11.3 Å². The van der Waals surface area contributed by atoms with Gasteiger partial charge in [0.05, 0.1) is 9.86 Å². The fourth-order valence-corrected chi connectivity index (χ4v) is 5.69. The molecule has 7 heteroatoms. The number of halogens is 1. The zero-order valence-corrected chi connectivity index (χ0v) is 13.1. The monoisotopic (exact) mass is 348 g/mol. The number of nitriles is 1. The Kier molecular flexibility index (Phi) is 3.83. The van der Waals surface area contributed by atoms with Crippen LogP contribution in [0.15, 0.2) is 14.1 Å². The molecule has 1 aliphatic rings. The van der Waals surface area contributed by atoms with Crippen LogP contribution in [0.3, 0.4) is 0 Å². The van der Waals surface area contributed by atoms with Crippen molar-refractivity contribution in [2.45, 2.75) is 42.4 Å². The second-order valence-corrected chi connectivity index (χ2v) is 8.81. The predicted octanol–water partition coefficient (Wildman–Crippen LogP) is 2.93. The van der Waals surface area contributed by atoms with Crippen molar-refractivity contribution in [2.24, 2.45) is 0 Å². The largest absolute Gasteiger partial charge is 0.251 e. The van der Waals surface area contributed by atoms with E-state index in [-0.39, 0.29) is 4.21 Å². The van der Waals surface area contributed by atoms with Gasteiger partial charge in [0, 0.05) is 0 Å². The van der Waals surface area contributed by atoms with Crippen molar-refractivity contribution >= 4 is 37.3 Å². The summed E-state index contributed by atoms with van der Waals surface area (Å²) in [6.07, 6.45) is 2.97. The summed E-state index contributed by atoms with van der Waals surface area (Å²) in [7, 11) is -3.60. The minimum Gasteiger partial charge on any atom is -0.206 e. The topological polar surface area (TPSA) is 70.0 Å². The molecule has 1 fully saturated rings. The van der Waals surface area contributed by atoms with Gasteiger partial charge in [0.2, 0.25) is 0 Å². The molecule has 0 aromatic carbocycles. The maximum atomic E-state index is 12.2. The summed E-state index contributed by atoms with van der Waals surface area (Å²) in [6.45, 7) is 1.84. The fraction of sp³-hybridized carbons (Fsp3) is 0.545. The van der Waals surface area contributed by atoms with Gasteiger partial charge in [-0.1, -0.05) is 12.8 Å². The number of sulfonamides is 1. The molecule has 0 unspecified atom stereocenters. The van der Waals surface area contributed by atoms with Gasteiger partial charge in [-0.2, -0.15) is 9.98 Å². The first kappa shape index (κ1) is 14.0. The molecule has 0 bridgehead atoms. The third kappa shape index (κ3) is 2.62. The van der Waals surface area contributed by atoms with Gasteiger partial charge in [-0.05, 0) is 47.3 Å². The van der Waals surface area contributed by atoms with Crippen LogP contribution in [0.2, 0.25) is 0 Å².